The van der Waals surface area contributed by atoms with Gasteiger partial charge < -0.3 is 19.2 Å². The smallest absolute Gasteiger partial charge is 0.185 e. The van der Waals surface area contributed by atoms with Gasteiger partial charge in [-0.2, -0.15) is 0 Å². The second kappa shape index (κ2) is 8.18. The fourth-order valence-corrected chi connectivity index (χ4v) is 4.93. The third kappa shape index (κ3) is 3.68. The number of H-pyrrole nitrogens is 1. The van der Waals surface area contributed by atoms with Gasteiger partial charge in [-0.25, -0.2) is 0 Å². The summed E-state index contributed by atoms with van der Waals surface area (Å²) < 4.78 is 29.7. The number of nitrogens with one attached hydrogen (secondary N) is 1. The molecule has 3 atom stereocenters. The van der Waals surface area contributed by atoms with E-state index in [1.807, 2.05) is 17.0 Å². The zero-order chi connectivity index (χ0) is 20.4. The largest absolute Gasteiger partial charge is 0.771 e. The van der Waals surface area contributed by atoms with Gasteiger partial charge in [0.15, 0.2) is 5.43 Å². The van der Waals surface area contributed by atoms with Crippen LogP contribution in [0.1, 0.15) is 17.9 Å². The van der Waals surface area contributed by atoms with E-state index in [2.05, 4.69) is 9.97 Å². The van der Waals surface area contributed by atoms with E-state index < -0.39 is 22.4 Å². The fourth-order valence-electron chi connectivity index (χ4n) is 3.96. The maximum absolute atomic E-state index is 12.8. The topological polar surface area (TPSA) is 98.3 Å². The summed E-state index contributed by atoms with van der Waals surface area (Å²) in [6.45, 7) is 0.528. The molecule has 1 saturated heterocycles. The van der Waals surface area contributed by atoms with Crippen LogP contribution in [0.5, 0.6) is 5.75 Å². The van der Waals surface area contributed by atoms with Crippen LogP contribution in [0.3, 0.4) is 0 Å². The summed E-state index contributed by atoms with van der Waals surface area (Å²) in [5.41, 5.74) is 2.53. The molecule has 1 aliphatic heterocycles. The molecule has 8 heteroatoms. The van der Waals surface area contributed by atoms with E-state index in [1.54, 1.807) is 50.0 Å². The van der Waals surface area contributed by atoms with Gasteiger partial charge in [0.25, 0.3) is 0 Å². The lowest BCUT2D eigenvalue weighted by Crippen LogP contribution is -2.37. The second-order valence-electron chi connectivity index (χ2n) is 6.80. The third-order valence-corrected chi connectivity index (χ3v) is 6.25. The highest BCUT2D eigenvalue weighted by Crippen LogP contribution is 2.39. The van der Waals surface area contributed by atoms with Crippen molar-refractivity contribution in [3.63, 3.8) is 0 Å². The molecular formula is C21H20N3O4S-. The molecule has 29 heavy (non-hydrogen) atoms. The van der Waals surface area contributed by atoms with Gasteiger partial charge in [-0.3, -0.25) is 14.0 Å². The van der Waals surface area contributed by atoms with Crippen LogP contribution in [0, 0.1) is 0 Å². The third-order valence-electron chi connectivity index (χ3n) is 5.27. The standard InChI is InChI=1S/C21H21N3O4S/c1-28-16-4-2-15(3-5-16)24-13-9-17(21(24)29(26)27)19-18(25)8-12-23-20(19)14-6-10-22-11-7-14/h2-8,10-12,17,21H,9,13H2,1H3,(H,23,25)(H,26,27)/p-1. The van der Waals surface area contributed by atoms with Gasteiger partial charge in [0.2, 0.25) is 0 Å². The average Bonchev–Trinajstić information content (AvgIpc) is 3.19. The number of aromatic nitrogens is 2. The molecule has 0 amide bonds. The molecular weight excluding hydrogens is 390 g/mol. The van der Waals surface area contributed by atoms with E-state index in [0.717, 1.165) is 11.3 Å². The molecule has 3 heterocycles. The van der Waals surface area contributed by atoms with Crippen LogP contribution in [0.4, 0.5) is 5.69 Å². The molecule has 150 valence electrons. The number of nitrogens with zero attached hydrogens (tertiary/aromatic N) is 2. The fraction of sp³-hybridized carbons (Fsp3) is 0.238. The highest BCUT2D eigenvalue weighted by Gasteiger charge is 2.39. The summed E-state index contributed by atoms with van der Waals surface area (Å²) in [5, 5.41) is -0.840. The zero-order valence-electron chi connectivity index (χ0n) is 15.8. The SMILES string of the molecule is COc1ccc(N2CCC(c3c(-c4ccncc4)[nH]ccc3=O)C2S(=O)[O-])cc1. The van der Waals surface area contributed by atoms with Crippen LogP contribution in [0.25, 0.3) is 11.3 Å². The van der Waals surface area contributed by atoms with Crippen LogP contribution in [0.15, 0.2) is 65.8 Å². The molecule has 0 radical (unpaired) electrons. The predicted octanol–water partition coefficient (Wildman–Crippen LogP) is 2.64. The molecule has 0 spiro atoms. The summed E-state index contributed by atoms with van der Waals surface area (Å²) >= 11 is -2.40. The lowest BCUT2D eigenvalue weighted by atomic mass is 9.93. The Morgan fingerprint density at radius 3 is 2.55 bits per heavy atom. The molecule has 1 fully saturated rings. The normalized spacial score (nSPS) is 19.9. The van der Waals surface area contributed by atoms with Gasteiger partial charge in [0, 0.05) is 53.9 Å². The van der Waals surface area contributed by atoms with E-state index >= 15 is 0 Å². The van der Waals surface area contributed by atoms with Crippen LogP contribution in [0.2, 0.25) is 0 Å². The first-order valence-corrected chi connectivity index (χ1v) is 10.3. The van der Waals surface area contributed by atoms with Gasteiger partial charge in [0.1, 0.15) is 5.75 Å². The number of pyridine rings is 2. The highest BCUT2D eigenvalue weighted by molar-refractivity contribution is 7.80. The summed E-state index contributed by atoms with van der Waals surface area (Å²) in [6.07, 6.45) is 5.43. The first kappa shape index (κ1) is 19.4. The van der Waals surface area contributed by atoms with Crippen LogP contribution >= 0.6 is 0 Å². The van der Waals surface area contributed by atoms with Gasteiger partial charge in [-0.15, -0.1) is 0 Å². The van der Waals surface area contributed by atoms with E-state index in [1.165, 1.54) is 6.07 Å². The first-order chi connectivity index (χ1) is 14.1. The molecule has 1 N–H and O–H groups in total. The Bertz CT molecular complexity index is 1070. The van der Waals surface area contributed by atoms with Crippen molar-refractivity contribution in [1.82, 2.24) is 9.97 Å². The Labute approximate surface area is 170 Å². The Hall–Kier alpha value is -2.97. The average molecular weight is 410 g/mol. The predicted molar refractivity (Wildman–Crippen MR) is 111 cm³/mol. The van der Waals surface area contributed by atoms with Crippen molar-refractivity contribution in [3.8, 4) is 17.0 Å². The van der Waals surface area contributed by atoms with Gasteiger partial charge >= 0.3 is 0 Å². The van der Waals surface area contributed by atoms with Crippen molar-refractivity contribution in [3.05, 3.63) is 76.8 Å². The van der Waals surface area contributed by atoms with Crippen molar-refractivity contribution in [2.75, 3.05) is 18.6 Å². The maximum Gasteiger partial charge on any atom is 0.185 e. The number of rotatable bonds is 5. The van der Waals surface area contributed by atoms with Crippen molar-refractivity contribution >= 4 is 16.8 Å². The highest BCUT2D eigenvalue weighted by atomic mass is 32.2. The van der Waals surface area contributed by atoms with Crippen molar-refractivity contribution in [2.24, 2.45) is 0 Å². The molecule has 3 aromatic rings. The minimum Gasteiger partial charge on any atom is -0.771 e. The van der Waals surface area contributed by atoms with Crippen molar-refractivity contribution in [2.45, 2.75) is 17.7 Å². The minimum absolute atomic E-state index is 0.174. The van der Waals surface area contributed by atoms with Crippen molar-refractivity contribution < 1.29 is 13.5 Å². The maximum atomic E-state index is 12.8. The quantitative estimate of drug-likeness (QED) is 0.650. The summed E-state index contributed by atoms with van der Waals surface area (Å²) in [5.74, 6) is 0.243. The van der Waals surface area contributed by atoms with Gasteiger partial charge in [-0.1, -0.05) is 0 Å². The van der Waals surface area contributed by atoms with Crippen LogP contribution in [-0.2, 0) is 11.1 Å². The lowest BCUT2D eigenvalue weighted by molar-refractivity contribution is 0.415. The molecule has 1 aliphatic rings. The Kier molecular flexibility index (Phi) is 5.46. The second-order valence-corrected chi connectivity index (χ2v) is 7.81. The number of hydrogen-bond acceptors (Lipinski definition) is 6. The monoisotopic (exact) mass is 410 g/mol. The van der Waals surface area contributed by atoms with E-state index in [-0.39, 0.29) is 5.43 Å². The van der Waals surface area contributed by atoms with E-state index in [9.17, 15) is 13.6 Å². The number of hydrogen-bond donors (Lipinski definition) is 1. The first-order valence-electron chi connectivity index (χ1n) is 9.21. The molecule has 3 unspecified atom stereocenters. The van der Waals surface area contributed by atoms with Crippen LogP contribution in [-0.4, -0.2) is 37.8 Å². The Balaban J connectivity index is 1.78. The number of ether oxygens (including phenoxy) is 1. The van der Waals surface area contributed by atoms with Gasteiger partial charge in [-0.05, 0) is 53.9 Å². The Morgan fingerprint density at radius 1 is 1.17 bits per heavy atom. The molecule has 2 aromatic heterocycles. The number of anilines is 1. The molecule has 0 bridgehead atoms. The number of benzene rings is 1. The summed E-state index contributed by atoms with van der Waals surface area (Å²) in [6, 6.07) is 12.3. The molecule has 0 saturated carbocycles. The van der Waals surface area contributed by atoms with E-state index in [4.69, 9.17) is 4.74 Å². The zero-order valence-corrected chi connectivity index (χ0v) is 16.6. The molecule has 0 aliphatic carbocycles. The molecule has 4 rings (SSSR count). The van der Waals surface area contributed by atoms with E-state index in [0.29, 0.717) is 30.0 Å². The van der Waals surface area contributed by atoms with Gasteiger partial charge in [0.05, 0.1) is 18.2 Å². The number of aromatic amines is 1. The summed E-state index contributed by atoms with van der Waals surface area (Å²) in [4.78, 5) is 21.8. The number of methoxy groups -OCH3 is 1. The minimum atomic E-state index is -2.40. The molecule has 7 nitrogen and oxygen atoms in total. The summed E-state index contributed by atoms with van der Waals surface area (Å²) in [7, 11) is 1.58. The van der Waals surface area contributed by atoms with Crippen LogP contribution < -0.4 is 15.1 Å². The lowest BCUT2D eigenvalue weighted by Gasteiger charge is -2.32. The Morgan fingerprint density at radius 2 is 1.90 bits per heavy atom. The molecule has 1 aromatic carbocycles. The van der Waals surface area contributed by atoms with Crippen molar-refractivity contribution in [1.29, 1.82) is 0 Å².